The van der Waals surface area contributed by atoms with Crippen LogP contribution in [0, 0.1) is 0 Å². The molecule has 9 heteroatoms. The summed E-state index contributed by atoms with van der Waals surface area (Å²) in [6, 6.07) is 7.67. The van der Waals surface area contributed by atoms with Crippen LogP contribution in [0.1, 0.15) is 0 Å². The van der Waals surface area contributed by atoms with Gasteiger partial charge in [0.15, 0.2) is 0 Å². The molecule has 0 spiro atoms. The zero-order valence-corrected chi connectivity index (χ0v) is 12.5. The number of para-hydroxylation sites is 2. The predicted molar refractivity (Wildman–Crippen MR) is 82.1 cm³/mol. The fourth-order valence-corrected chi connectivity index (χ4v) is 2.89. The van der Waals surface area contributed by atoms with Crippen molar-refractivity contribution >= 4 is 21.4 Å². The number of rotatable bonds is 3. The van der Waals surface area contributed by atoms with E-state index in [2.05, 4.69) is 0 Å². The van der Waals surface area contributed by atoms with Crippen LogP contribution in [0.15, 0.2) is 24.3 Å². The minimum Gasteiger partial charge on any atom is -0.523 e. The van der Waals surface area contributed by atoms with Gasteiger partial charge in [0.05, 0.1) is 18.5 Å². The molecule has 1 atom stereocenters. The summed E-state index contributed by atoms with van der Waals surface area (Å²) in [5, 5.41) is 0. The fraction of sp³-hybridized carbons (Fsp3) is 0.538. The molecule has 2 saturated heterocycles. The van der Waals surface area contributed by atoms with Gasteiger partial charge in [0.25, 0.3) is 0 Å². The highest BCUT2D eigenvalue weighted by molar-refractivity contribution is 6.51. The predicted octanol–water partition coefficient (Wildman–Crippen LogP) is 1.38. The average molecular weight is 302 g/mol. The van der Waals surface area contributed by atoms with Crippen LogP contribution < -0.4 is 9.31 Å². The van der Waals surface area contributed by atoms with Crippen LogP contribution in [0.25, 0.3) is 0 Å². The summed E-state index contributed by atoms with van der Waals surface area (Å²) in [7, 11) is -0.733. The maximum Gasteiger partial charge on any atom is 0.602 e. The molecule has 1 aromatic carbocycles. The van der Waals surface area contributed by atoms with Gasteiger partial charge in [0, 0.05) is 19.5 Å². The highest BCUT2D eigenvalue weighted by atomic mass is 16.7. The van der Waals surface area contributed by atoms with Crippen molar-refractivity contribution in [1.82, 2.24) is 0 Å². The summed E-state index contributed by atoms with van der Waals surface area (Å²) in [5.41, 5.74) is 0. The Morgan fingerprint density at radius 2 is 1.68 bits per heavy atom. The molecular formula is C13H17B3O6. The van der Waals surface area contributed by atoms with Crippen molar-refractivity contribution in [1.29, 1.82) is 0 Å². The normalized spacial score (nSPS) is 25.1. The van der Waals surface area contributed by atoms with Gasteiger partial charge in [-0.1, -0.05) is 12.1 Å². The molecule has 3 aliphatic rings. The van der Waals surface area contributed by atoms with Crippen LogP contribution in [-0.4, -0.2) is 47.3 Å². The van der Waals surface area contributed by atoms with Crippen LogP contribution >= 0.6 is 0 Å². The summed E-state index contributed by atoms with van der Waals surface area (Å²) in [4.78, 5) is 0. The molecule has 0 radical (unpaired) electrons. The lowest BCUT2D eigenvalue weighted by atomic mass is 9.70. The first-order valence-electron chi connectivity index (χ1n) is 7.70. The van der Waals surface area contributed by atoms with Gasteiger partial charge in [-0.05, 0) is 19.0 Å². The van der Waals surface area contributed by atoms with Crippen LogP contribution in [0.2, 0.25) is 19.0 Å². The van der Waals surface area contributed by atoms with E-state index in [0.717, 1.165) is 11.5 Å². The van der Waals surface area contributed by atoms with Gasteiger partial charge < -0.3 is 27.9 Å². The molecule has 1 aromatic rings. The van der Waals surface area contributed by atoms with Crippen molar-refractivity contribution in [3.63, 3.8) is 0 Å². The zero-order valence-electron chi connectivity index (χ0n) is 12.5. The Kier molecular flexibility index (Phi) is 4.04. The van der Waals surface area contributed by atoms with Crippen molar-refractivity contribution in [3.8, 4) is 11.5 Å². The van der Waals surface area contributed by atoms with Gasteiger partial charge in [-0.3, -0.25) is 0 Å². The van der Waals surface area contributed by atoms with Gasteiger partial charge >= 0.3 is 21.4 Å². The minimum atomic E-state index is -0.343. The van der Waals surface area contributed by atoms with E-state index in [9.17, 15) is 0 Å². The molecule has 6 nitrogen and oxygen atoms in total. The van der Waals surface area contributed by atoms with E-state index in [-0.39, 0.29) is 33.3 Å². The summed E-state index contributed by atoms with van der Waals surface area (Å²) < 4.78 is 34.1. The Morgan fingerprint density at radius 3 is 2.27 bits per heavy atom. The van der Waals surface area contributed by atoms with E-state index in [1.54, 1.807) is 0 Å². The maximum atomic E-state index is 5.80. The third-order valence-electron chi connectivity index (χ3n) is 4.07. The maximum absolute atomic E-state index is 5.80. The van der Waals surface area contributed by atoms with Crippen LogP contribution in [-0.2, 0) is 18.6 Å². The quantitative estimate of drug-likeness (QED) is 0.786. The van der Waals surface area contributed by atoms with E-state index in [0.29, 0.717) is 26.1 Å². The molecule has 3 aliphatic heterocycles. The molecule has 1 unspecified atom stereocenters. The van der Waals surface area contributed by atoms with E-state index in [1.807, 2.05) is 31.1 Å². The minimum absolute atomic E-state index is 0.0415. The van der Waals surface area contributed by atoms with Crippen LogP contribution in [0.4, 0.5) is 0 Å². The van der Waals surface area contributed by atoms with Gasteiger partial charge in [0.2, 0.25) is 0 Å². The molecule has 0 N–H and O–H groups in total. The van der Waals surface area contributed by atoms with E-state index < -0.39 is 0 Å². The SMILES string of the molecule is CB1OCC(CB2OCC(B3Oc4ccccc4O3)CO2)O1. The molecule has 0 bridgehead atoms. The van der Waals surface area contributed by atoms with Gasteiger partial charge in [-0.15, -0.1) is 0 Å². The second-order valence-corrected chi connectivity index (χ2v) is 5.80. The average Bonchev–Trinajstić information content (AvgIpc) is 3.14. The van der Waals surface area contributed by atoms with Crippen LogP contribution in [0.5, 0.6) is 11.5 Å². The Morgan fingerprint density at radius 1 is 1.00 bits per heavy atom. The fourth-order valence-electron chi connectivity index (χ4n) is 2.89. The zero-order chi connectivity index (χ0) is 14.9. The second-order valence-electron chi connectivity index (χ2n) is 5.80. The van der Waals surface area contributed by atoms with E-state index >= 15 is 0 Å². The molecule has 4 rings (SSSR count). The Labute approximate surface area is 130 Å². The Hall–Kier alpha value is -1.15. The molecular weight excluding hydrogens is 285 g/mol. The van der Waals surface area contributed by atoms with Gasteiger partial charge in [-0.25, -0.2) is 0 Å². The molecule has 2 fully saturated rings. The third-order valence-corrected chi connectivity index (χ3v) is 4.07. The molecule has 0 aliphatic carbocycles. The second kappa shape index (κ2) is 6.16. The summed E-state index contributed by atoms with van der Waals surface area (Å²) >= 11 is 0. The van der Waals surface area contributed by atoms with Crippen molar-refractivity contribution < 1.29 is 27.9 Å². The lowest BCUT2D eigenvalue weighted by Gasteiger charge is -2.28. The number of hydrogen-bond donors (Lipinski definition) is 0. The first kappa shape index (κ1) is 14.4. The van der Waals surface area contributed by atoms with Crippen molar-refractivity contribution in [2.75, 3.05) is 19.8 Å². The molecule has 3 heterocycles. The molecule has 22 heavy (non-hydrogen) atoms. The first-order valence-corrected chi connectivity index (χ1v) is 7.70. The Bertz CT molecular complexity index is 499. The van der Waals surface area contributed by atoms with Crippen molar-refractivity contribution in [3.05, 3.63) is 24.3 Å². The van der Waals surface area contributed by atoms with Gasteiger partial charge in [0.1, 0.15) is 11.5 Å². The lowest BCUT2D eigenvalue weighted by molar-refractivity contribution is 0.115. The lowest BCUT2D eigenvalue weighted by Crippen LogP contribution is -2.44. The van der Waals surface area contributed by atoms with E-state index in [1.165, 1.54) is 0 Å². The molecule has 114 valence electrons. The van der Waals surface area contributed by atoms with Gasteiger partial charge in [-0.2, -0.15) is 0 Å². The smallest absolute Gasteiger partial charge is 0.523 e. The highest BCUT2D eigenvalue weighted by Gasteiger charge is 2.44. The Balaban J connectivity index is 1.26. The highest BCUT2D eigenvalue weighted by Crippen LogP contribution is 2.36. The monoisotopic (exact) mass is 302 g/mol. The van der Waals surface area contributed by atoms with Crippen molar-refractivity contribution in [2.45, 2.75) is 25.1 Å². The largest absolute Gasteiger partial charge is 0.602 e. The van der Waals surface area contributed by atoms with E-state index in [4.69, 9.17) is 27.9 Å². The standard InChI is InChI=1S/C13H17B3O6/c1-14-17-9-11(20-14)6-15-18-7-10(8-19-15)16-21-12-4-2-3-5-13(12)22-16/h2-5,10-11H,6-9H2,1H3. The molecule has 0 aromatic heterocycles. The van der Waals surface area contributed by atoms with Crippen LogP contribution in [0.3, 0.4) is 0 Å². The molecule has 0 saturated carbocycles. The summed E-state index contributed by atoms with van der Waals surface area (Å²) in [6.45, 7) is 3.59. The third kappa shape index (κ3) is 2.99. The van der Waals surface area contributed by atoms with Crippen molar-refractivity contribution in [2.24, 2.45) is 0 Å². The topological polar surface area (TPSA) is 55.4 Å². The molecule has 0 amide bonds. The number of benzene rings is 1. The number of fused-ring (bicyclic) bond motifs is 1. The first-order chi connectivity index (χ1) is 10.8. The number of hydrogen-bond acceptors (Lipinski definition) is 6. The summed E-state index contributed by atoms with van der Waals surface area (Å²) in [5.74, 6) is 1.61. The summed E-state index contributed by atoms with van der Waals surface area (Å²) in [6.07, 6.45) is 0.726.